The number of likely N-dealkylation sites (N-methyl/N-ethyl adjacent to an activating group) is 1. The summed E-state index contributed by atoms with van der Waals surface area (Å²) in [5.41, 5.74) is 0. The summed E-state index contributed by atoms with van der Waals surface area (Å²) in [6.45, 7) is 4.74. The number of aliphatic imine (C=N–C) groups is 1. The Kier molecular flexibility index (Phi) is 7.28. The van der Waals surface area contributed by atoms with Crippen LogP contribution < -0.4 is 10.0 Å². The summed E-state index contributed by atoms with van der Waals surface area (Å²) >= 11 is 0. The fourth-order valence-corrected chi connectivity index (χ4v) is 5.01. The van der Waals surface area contributed by atoms with Crippen LogP contribution in [0.1, 0.15) is 46.0 Å². The summed E-state index contributed by atoms with van der Waals surface area (Å²) in [4.78, 5) is 19.9. The number of sulfonamides is 1. The molecular weight excluding hydrogens is 354 g/mol. The normalized spacial score (nSPS) is 22.3. The lowest BCUT2D eigenvalue weighted by atomic mass is 10.2. The van der Waals surface area contributed by atoms with Crippen LogP contribution in [-0.4, -0.2) is 81.1 Å². The van der Waals surface area contributed by atoms with Gasteiger partial charge in [-0.3, -0.25) is 4.79 Å². The third-order valence-electron chi connectivity index (χ3n) is 4.83. The van der Waals surface area contributed by atoms with E-state index < -0.39 is 15.3 Å². The summed E-state index contributed by atoms with van der Waals surface area (Å²) in [5, 5.41) is 3.00. The molecule has 2 fully saturated rings. The molecule has 1 saturated carbocycles. The second-order valence-corrected chi connectivity index (χ2v) is 9.72. The Bertz CT molecular complexity index is 612. The number of amides is 1. The molecule has 1 atom stereocenters. The average Bonchev–Trinajstić information content (AvgIpc) is 3.21. The summed E-state index contributed by atoms with van der Waals surface area (Å²) in [5.74, 6) is 0.593. The first-order chi connectivity index (χ1) is 12.2. The second-order valence-electron chi connectivity index (χ2n) is 7.73. The first-order valence-electron chi connectivity index (χ1n) is 9.46. The van der Waals surface area contributed by atoms with E-state index in [9.17, 15) is 13.2 Å². The smallest absolute Gasteiger partial charge is 0.243 e. The van der Waals surface area contributed by atoms with Gasteiger partial charge < -0.3 is 15.1 Å². The lowest BCUT2D eigenvalue weighted by Crippen LogP contribution is -2.46. The first-order valence-corrected chi connectivity index (χ1v) is 11.0. The molecule has 0 aromatic carbocycles. The fraction of sp³-hybridized carbons (Fsp3) is 0.882. The highest BCUT2D eigenvalue weighted by molar-refractivity contribution is 7.90. The first kappa shape index (κ1) is 21.0. The van der Waals surface area contributed by atoms with Crippen molar-refractivity contribution in [3.63, 3.8) is 0 Å². The highest BCUT2D eigenvalue weighted by Gasteiger charge is 2.35. The zero-order valence-electron chi connectivity index (χ0n) is 16.4. The molecule has 9 heteroatoms. The van der Waals surface area contributed by atoms with E-state index in [0.29, 0.717) is 31.5 Å². The van der Waals surface area contributed by atoms with Crippen LogP contribution in [0.15, 0.2) is 4.99 Å². The van der Waals surface area contributed by atoms with Gasteiger partial charge in [0.25, 0.3) is 0 Å². The zero-order chi connectivity index (χ0) is 19.3. The molecule has 1 unspecified atom stereocenters. The molecular formula is C17H33N5O3S. The molecule has 1 aliphatic heterocycles. The number of carbonyl (C=O) groups excluding carboxylic acids is 1. The minimum atomic E-state index is -3.35. The summed E-state index contributed by atoms with van der Waals surface area (Å²) in [7, 11) is 0.0654. The van der Waals surface area contributed by atoms with Gasteiger partial charge in [0.15, 0.2) is 5.96 Å². The maximum absolute atomic E-state index is 12.5. The van der Waals surface area contributed by atoms with Gasteiger partial charge in [0, 0.05) is 39.3 Å². The van der Waals surface area contributed by atoms with Gasteiger partial charge in [0.1, 0.15) is 6.54 Å². The molecule has 0 spiro atoms. The molecule has 0 radical (unpaired) electrons. The largest absolute Gasteiger partial charge is 0.353 e. The molecule has 1 amide bonds. The van der Waals surface area contributed by atoms with E-state index in [1.54, 1.807) is 14.1 Å². The van der Waals surface area contributed by atoms with Crippen LogP contribution in [0.3, 0.4) is 0 Å². The SMILES string of the molecule is CC(C)NS(=O)(=O)C1CCN(C(=NCC(=O)N(C)C)NC2CCCC2)C1. The van der Waals surface area contributed by atoms with Crippen LogP contribution >= 0.6 is 0 Å². The van der Waals surface area contributed by atoms with Crippen molar-refractivity contribution in [3.05, 3.63) is 0 Å². The zero-order valence-corrected chi connectivity index (χ0v) is 17.2. The van der Waals surface area contributed by atoms with E-state index in [1.807, 2.05) is 18.7 Å². The van der Waals surface area contributed by atoms with Crippen LogP contribution in [0.25, 0.3) is 0 Å². The van der Waals surface area contributed by atoms with Crippen molar-refractivity contribution in [1.82, 2.24) is 19.8 Å². The summed E-state index contributed by atoms with van der Waals surface area (Å²) < 4.78 is 27.6. The second kappa shape index (κ2) is 9.03. The molecule has 0 aromatic heterocycles. The molecule has 0 aromatic rings. The minimum absolute atomic E-state index is 0.0689. The van der Waals surface area contributed by atoms with Gasteiger partial charge >= 0.3 is 0 Å². The Morgan fingerprint density at radius 3 is 2.46 bits per heavy atom. The van der Waals surface area contributed by atoms with Crippen molar-refractivity contribution >= 4 is 21.9 Å². The molecule has 26 heavy (non-hydrogen) atoms. The number of guanidine groups is 1. The predicted octanol–water partition coefficient (Wildman–Crippen LogP) is 0.365. The Hall–Kier alpha value is -1.35. The molecule has 1 heterocycles. The number of hydrogen-bond donors (Lipinski definition) is 2. The lowest BCUT2D eigenvalue weighted by Gasteiger charge is -2.25. The number of hydrogen-bond acceptors (Lipinski definition) is 4. The number of rotatable bonds is 6. The molecule has 2 N–H and O–H groups in total. The van der Waals surface area contributed by atoms with Gasteiger partial charge in [0.05, 0.1) is 5.25 Å². The quantitative estimate of drug-likeness (QED) is 0.507. The van der Waals surface area contributed by atoms with E-state index >= 15 is 0 Å². The monoisotopic (exact) mass is 387 g/mol. The van der Waals surface area contributed by atoms with Crippen molar-refractivity contribution in [2.24, 2.45) is 4.99 Å². The number of likely N-dealkylation sites (tertiary alicyclic amines) is 1. The maximum Gasteiger partial charge on any atom is 0.243 e. The molecule has 2 rings (SSSR count). The minimum Gasteiger partial charge on any atom is -0.353 e. The van der Waals surface area contributed by atoms with Crippen molar-refractivity contribution in [2.45, 2.75) is 63.3 Å². The Labute approximate surface area is 157 Å². The summed E-state index contributed by atoms with van der Waals surface area (Å²) in [6.07, 6.45) is 5.12. The van der Waals surface area contributed by atoms with Crippen molar-refractivity contribution in [3.8, 4) is 0 Å². The number of carbonyl (C=O) groups is 1. The van der Waals surface area contributed by atoms with Crippen LogP contribution in [0.5, 0.6) is 0 Å². The van der Waals surface area contributed by atoms with Gasteiger partial charge in [-0.05, 0) is 33.1 Å². The Morgan fingerprint density at radius 2 is 1.88 bits per heavy atom. The number of nitrogens with one attached hydrogen (secondary N) is 2. The lowest BCUT2D eigenvalue weighted by molar-refractivity contribution is -0.127. The Morgan fingerprint density at radius 1 is 1.23 bits per heavy atom. The molecule has 2 aliphatic rings. The molecule has 8 nitrogen and oxygen atoms in total. The van der Waals surface area contributed by atoms with Gasteiger partial charge in [-0.2, -0.15) is 0 Å². The summed E-state index contributed by atoms with van der Waals surface area (Å²) in [6, 6.07) is 0.240. The van der Waals surface area contributed by atoms with Crippen LogP contribution in [0, 0.1) is 0 Å². The van der Waals surface area contributed by atoms with E-state index in [1.165, 1.54) is 17.7 Å². The third kappa shape index (κ3) is 5.84. The van der Waals surface area contributed by atoms with Crippen molar-refractivity contribution < 1.29 is 13.2 Å². The average molecular weight is 388 g/mol. The maximum atomic E-state index is 12.5. The highest BCUT2D eigenvalue weighted by Crippen LogP contribution is 2.20. The van der Waals surface area contributed by atoms with Crippen LogP contribution in [0.2, 0.25) is 0 Å². The highest BCUT2D eigenvalue weighted by atomic mass is 32.2. The standard InChI is InChI=1S/C17H33N5O3S/c1-13(2)20-26(24,25)15-9-10-22(12-15)17(18-11-16(23)21(3)4)19-14-7-5-6-8-14/h13-15,20H,5-12H2,1-4H3,(H,18,19). The van der Waals surface area contributed by atoms with E-state index in [2.05, 4.69) is 15.0 Å². The Balaban J connectivity index is 2.07. The van der Waals surface area contributed by atoms with E-state index in [0.717, 1.165) is 12.8 Å². The van der Waals surface area contributed by atoms with Crippen molar-refractivity contribution in [2.75, 3.05) is 33.7 Å². The van der Waals surface area contributed by atoms with Gasteiger partial charge in [-0.15, -0.1) is 0 Å². The topological polar surface area (TPSA) is 94.1 Å². The molecule has 1 aliphatic carbocycles. The van der Waals surface area contributed by atoms with Gasteiger partial charge in [-0.25, -0.2) is 18.1 Å². The third-order valence-corrected chi connectivity index (χ3v) is 6.90. The van der Waals surface area contributed by atoms with E-state index in [-0.39, 0.29) is 18.5 Å². The fourth-order valence-electron chi connectivity index (χ4n) is 3.37. The molecule has 1 saturated heterocycles. The predicted molar refractivity (Wildman–Crippen MR) is 104 cm³/mol. The van der Waals surface area contributed by atoms with Crippen LogP contribution in [-0.2, 0) is 14.8 Å². The van der Waals surface area contributed by atoms with E-state index in [4.69, 9.17) is 0 Å². The van der Waals surface area contributed by atoms with Crippen molar-refractivity contribution in [1.29, 1.82) is 0 Å². The van der Waals surface area contributed by atoms with Gasteiger partial charge in [-0.1, -0.05) is 12.8 Å². The van der Waals surface area contributed by atoms with Crippen LogP contribution in [0.4, 0.5) is 0 Å². The number of nitrogens with zero attached hydrogens (tertiary/aromatic N) is 3. The molecule has 0 bridgehead atoms. The van der Waals surface area contributed by atoms with Gasteiger partial charge in [0.2, 0.25) is 15.9 Å². The molecule has 150 valence electrons.